The first-order valence-corrected chi connectivity index (χ1v) is 6.55. The van der Waals surface area contributed by atoms with Crippen LogP contribution in [0.25, 0.3) is 0 Å². The summed E-state index contributed by atoms with van der Waals surface area (Å²) in [6, 6.07) is 0. The molecule has 1 N–H and O–H groups in total. The smallest absolute Gasteiger partial charge is 0.156 e. The monoisotopic (exact) mass is 237 g/mol. The second-order valence-corrected chi connectivity index (χ2v) is 4.85. The minimum Gasteiger partial charge on any atom is -0.376 e. The second kappa shape index (κ2) is 5.14. The number of nitrogens with one attached hydrogen (secondary N) is 1. The summed E-state index contributed by atoms with van der Waals surface area (Å²) >= 11 is 0. The number of aromatic nitrogens is 3. The number of nitrogens with zero attached hydrogens (tertiary/aromatic N) is 2. The Hall–Kier alpha value is -0.940. The third-order valence-electron chi connectivity index (χ3n) is 3.61. The Labute approximate surface area is 101 Å². The van der Waals surface area contributed by atoms with Gasteiger partial charge in [0.15, 0.2) is 11.6 Å². The van der Waals surface area contributed by atoms with Gasteiger partial charge in [-0.05, 0) is 12.8 Å². The summed E-state index contributed by atoms with van der Waals surface area (Å²) in [5.41, 5.74) is 0. The molecule has 0 amide bonds. The van der Waals surface area contributed by atoms with Crippen LogP contribution in [0.3, 0.4) is 0 Å². The van der Waals surface area contributed by atoms with Crippen molar-refractivity contribution in [2.75, 3.05) is 19.8 Å². The van der Waals surface area contributed by atoms with Crippen LogP contribution in [0, 0.1) is 0 Å². The van der Waals surface area contributed by atoms with Crippen LogP contribution in [0.4, 0.5) is 0 Å². The van der Waals surface area contributed by atoms with Crippen molar-refractivity contribution in [2.24, 2.45) is 0 Å². The Morgan fingerprint density at radius 3 is 2.76 bits per heavy atom. The lowest BCUT2D eigenvalue weighted by Gasteiger charge is -2.21. The average Bonchev–Trinajstić information content (AvgIpc) is 2.90. The second-order valence-electron chi connectivity index (χ2n) is 4.85. The van der Waals surface area contributed by atoms with Crippen molar-refractivity contribution in [3.63, 3.8) is 0 Å². The lowest BCUT2D eigenvalue weighted by Crippen LogP contribution is -2.22. The van der Waals surface area contributed by atoms with Gasteiger partial charge in [-0.2, -0.15) is 5.10 Å². The van der Waals surface area contributed by atoms with Crippen molar-refractivity contribution in [3.8, 4) is 0 Å². The van der Waals surface area contributed by atoms with Gasteiger partial charge in [-0.3, -0.25) is 5.10 Å². The predicted octanol–water partition coefficient (Wildman–Crippen LogP) is 1.94. The lowest BCUT2D eigenvalue weighted by molar-refractivity contribution is -0.0934. The number of H-pyrrole nitrogens is 1. The fourth-order valence-electron chi connectivity index (χ4n) is 2.62. The number of rotatable bonds is 2. The maximum absolute atomic E-state index is 5.61. The van der Waals surface area contributed by atoms with Crippen LogP contribution in [0.15, 0.2) is 0 Å². The molecule has 1 saturated heterocycles. The standard InChI is InChI=1S/C12H19N3O2/c1-2-4-9(5-3-1)11-13-12(15-14-11)10-8-16-6-7-17-10/h9-10H,1-8H2,(H,13,14,15). The summed E-state index contributed by atoms with van der Waals surface area (Å²) in [5, 5.41) is 7.35. The van der Waals surface area contributed by atoms with E-state index in [0.717, 1.165) is 11.6 Å². The van der Waals surface area contributed by atoms with Crippen LogP contribution in [0.5, 0.6) is 0 Å². The molecule has 17 heavy (non-hydrogen) atoms. The minimum absolute atomic E-state index is 0.0615. The number of ether oxygens (including phenoxy) is 2. The van der Waals surface area contributed by atoms with Crippen molar-refractivity contribution in [1.29, 1.82) is 0 Å². The quantitative estimate of drug-likeness (QED) is 0.854. The van der Waals surface area contributed by atoms with Crippen LogP contribution in [0.1, 0.15) is 55.8 Å². The number of aromatic amines is 1. The first-order chi connectivity index (χ1) is 8.43. The first-order valence-electron chi connectivity index (χ1n) is 6.55. The highest BCUT2D eigenvalue weighted by Crippen LogP contribution is 2.31. The van der Waals surface area contributed by atoms with E-state index in [1.807, 2.05) is 0 Å². The van der Waals surface area contributed by atoms with Crippen molar-refractivity contribution >= 4 is 0 Å². The Morgan fingerprint density at radius 1 is 1.12 bits per heavy atom. The molecule has 1 aliphatic heterocycles. The summed E-state index contributed by atoms with van der Waals surface area (Å²) in [5.74, 6) is 2.33. The zero-order valence-corrected chi connectivity index (χ0v) is 10.0. The summed E-state index contributed by atoms with van der Waals surface area (Å²) in [7, 11) is 0. The van der Waals surface area contributed by atoms with Gasteiger partial charge in [0, 0.05) is 5.92 Å². The van der Waals surface area contributed by atoms with Gasteiger partial charge < -0.3 is 9.47 Å². The molecule has 2 heterocycles. The van der Waals surface area contributed by atoms with Gasteiger partial charge in [0.1, 0.15) is 6.10 Å². The molecule has 2 fully saturated rings. The average molecular weight is 237 g/mol. The van der Waals surface area contributed by atoms with Crippen LogP contribution in [0.2, 0.25) is 0 Å². The topological polar surface area (TPSA) is 60.0 Å². The van der Waals surface area contributed by atoms with Crippen molar-refractivity contribution < 1.29 is 9.47 Å². The molecule has 5 nitrogen and oxygen atoms in total. The van der Waals surface area contributed by atoms with Gasteiger partial charge in [-0.1, -0.05) is 19.3 Å². The van der Waals surface area contributed by atoms with Gasteiger partial charge in [0.25, 0.3) is 0 Å². The maximum Gasteiger partial charge on any atom is 0.156 e. The highest BCUT2D eigenvalue weighted by Gasteiger charge is 2.24. The van der Waals surface area contributed by atoms with E-state index in [1.165, 1.54) is 32.1 Å². The largest absolute Gasteiger partial charge is 0.376 e. The molecule has 1 aromatic heterocycles. The molecular weight excluding hydrogens is 218 g/mol. The summed E-state index contributed by atoms with van der Waals surface area (Å²) in [4.78, 5) is 4.59. The molecule has 2 aliphatic rings. The Balaban J connectivity index is 1.68. The molecule has 3 rings (SSSR count). The Kier molecular flexibility index (Phi) is 3.38. The molecular formula is C12H19N3O2. The predicted molar refractivity (Wildman–Crippen MR) is 61.7 cm³/mol. The van der Waals surface area contributed by atoms with E-state index >= 15 is 0 Å². The molecule has 1 aliphatic carbocycles. The molecule has 1 aromatic rings. The van der Waals surface area contributed by atoms with E-state index in [9.17, 15) is 0 Å². The highest BCUT2D eigenvalue weighted by atomic mass is 16.6. The molecule has 0 bridgehead atoms. The summed E-state index contributed by atoms with van der Waals surface area (Å²) < 4.78 is 11.0. The van der Waals surface area contributed by atoms with Crippen LogP contribution in [-0.2, 0) is 9.47 Å². The molecule has 94 valence electrons. The Morgan fingerprint density at radius 2 is 2.00 bits per heavy atom. The van der Waals surface area contributed by atoms with E-state index in [2.05, 4.69) is 15.2 Å². The fourth-order valence-corrected chi connectivity index (χ4v) is 2.62. The van der Waals surface area contributed by atoms with Gasteiger partial charge in [0.05, 0.1) is 19.8 Å². The van der Waals surface area contributed by atoms with E-state index in [-0.39, 0.29) is 6.10 Å². The van der Waals surface area contributed by atoms with Gasteiger partial charge in [-0.25, -0.2) is 4.98 Å². The zero-order valence-electron chi connectivity index (χ0n) is 10.0. The molecule has 0 aromatic carbocycles. The molecule has 0 radical (unpaired) electrons. The molecule has 5 heteroatoms. The van der Waals surface area contributed by atoms with Crippen molar-refractivity contribution in [1.82, 2.24) is 15.2 Å². The van der Waals surface area contributed by atoms with Gasteiger partial charge in [-0.15, -0.1) is 0 Å². The molecule has 1 atom stereocenters. The normalized spacial score (nSPS) is 27.2. The van der Waals surface area contributed by atoms with Crippen LogP contribution >= 0.6 is 0 Å². The van der Waals surface area contributed by atoms with Crippen LogP contribution in [-0.4, -0.2) is 35.0 Å². The summed E-state index contributed by atoms with van der Waals surface area (Å²) in [6.45, 7) is 1.91. The zero-order chi connectivity index (χ0) is 11.5. The van der Waals surface area contributed by atoms with E-state index in [4.69, 9.17) is 9.47 Å². The van der Waals surface area contributed by atoms with Crippen LogP contribution < -0.4 is 0 Å². The maximum atomic E-state index is 5.61. The highest BCUT2D eigenvalue weighted by molar-refractivity contribution is 5.01. The molecule has 1 unspecified atom stereocenters. The van der Waals surface area contributed by atoms with Gasteiger partial charge >= 0.3 is 0 Å². The Bertz CT molecular complexity index is 322. The minimum atomic E-state index is -0.0615. The molecule has 1 saturated carbocycles. The third kappa shape index (κ3) is 2.50. The number of hydrogen-bond donors (Lipinski definition) is 1. The van der Waals surface area contributed by atoms with E-state index < -0.39 is 0 Å². The SMILES string of the molecule is C1CCC(c2n[nH]c(C3COCCO3)n2)CC1. The van der Waals surface area contributed by atoms with E-state index in [1.54, 1.807) is 0 Å². The molecule has 0 spiro atoms. The van der Waals surface area contributed by atoms with E-state index in [0.29, 0.717) is 25.7 Å². The number of hydrogen-bond acceptors (Lipinski definition) is 4. The third-order valence-corrected chi connectivity index (χ3v) is 3.61. The first kappa shape index (κ1) is 11.2. The van der Waals surface area contributed by atoms with Crippen molar-refractivity contribution in [2.45, 2.75) is 44.1 Å². The summed E-state index contributed by atoms with van der Waals surface area (Å²) in [6.07, 6.45) is 6.34. The fraction of sp³-hybridized carbons (Fsp3) is 0.833. The van der Waals surface area contributed by atoms with Crippen molar-refractivity contribution in [3.05, 3.63) is 11.6 Å². The lowest BCUT2D eigenvalue weighted by atomic mass is 9.89. The van der Waals surface area contributed by atoms with Gasteiger partial charge in [0.2, 0.25) is 0 Å².